The minimum atomic E-state index is 0.338. The van der Waals surface area contributed by atoms with Gasteiger partial charge in [-0.25, -0.2) is 0 Å². The highest BCUT2D eigenvalue weighted by atomic mass is 16.2. The highest BCUT2D eigenvalue weighted by Gasteiger charge is 1.85. The first kappa shape index (κ1) is 12.7. The quantitative estimate of drug-likeness (QED) is 0.428. The second-order valence-electron chi connectivity index (χ2n) is 3.54. The van der Waals surface area contributed by atoms with Crippen molar-refractivity contribution in [2.45, 2.75) is 58.3 Å². The van der Waals surface area contributed by atoms with Gasteiger partial charge < -0.3 is 5.11 Å². The van der Waals surface area contributed by atoms with E-state index in [1.807, 2.05) is 0 Å². The molecule has 0 bridgehead atoms. The molecule has 0 amide bonds. The van der Waals surface area contributed by atoms with Crippen LogP contribution in [0.25, 0.3) is 0 Å². The second-order valence-corrected chi connectivity index (χ2v) is 3.54. The van der Waals surface area contributed by atoms with Gasteiger partial charge in [0.25, 0.3) is 0 Å². The van der Waals surface area contributed by atoms with E-state index in [1.165, 1.54) is 32.1 Å². The molecule has 0 saturated carbocycles. The van der Waals surface area contributed by atoms with Gasteiger partial charge in [0.1, 0.15) is 0 Å². The Bertz CT molecular complexity index is 108. The van der Waals surface area contributed by atoms with Crippen LogP contribution >= 0.6 is 0 Å². The average Bonchev–Trinajstić information content (AvgIpc) is 2.16. The topological polar surface area (TPSA) is 20.2 Å². The summed E-state index contributed by atoms with van der Waals surface area (Å²) in [4.78, 5) is 0. The van der Waals surface area contributed by atoms with Crippen molar-refractivity contribution >= 4 is 0 Å². The van der Waals surface area contributed by atoms with E-state index >= 15 is 0 Å². The molecule has 0 aliphatic rings. The first-order valence-corrected chi connectivity index (χ1v) is 5.67. The number of hydrogen-bond donors (Lipinski definition) is 1. The number of hydrogen-bond acceptors (Lipinski definition) is 1. The first-order chi connectivity index (χ1) is 6.41. The van der Waals surface area contributed by atoms with E-state index in [1.54, 1.807) is 0 Å². The van der Waals surface area contributed by atoms with Gasteiger partial charge in [0.15, 0.2) is 0 Å². The lowest BCUT2D eigenvalue weighted by molar-refractivity contribution is 0.285. The Morgan fingerprint density at radius 2 is 1.46 bits per heavy atom. The van der Waals surface area contributed by atoms with Crippen molar-refractivity contribution in [1.82, 2.24) is 0 Å². The summed E-state index contributed by atoms with van der Waals surface area (Å²) in [6.45, 7) is 2.58. The molecule has 1 nitrogen and oxygen atoms in total. The molecule has 0 heterocycles. The zero-order valence-electron chi connectivity index (χ0n) is 8.97. The monoisotopic (exact) mass is 184 g/mol. The molecule has 0 radical (unpaired) electrons. The number of aliphatic hydroxyl groups is 1. The molecule has 0 fully saturated rings. The molecule has 13 heavy (non-hydrogen) atoms. The van der Waals surface area contributed by atoms with E-state index in [9.17, 15) is 0 Å². The Hall–Kier alpha value is -0.300. The highest BCUT2D eigenvalue weighted by Crippen LogP contribution is 2.04. The van der Waals surface area contributed by atoms with Gasteiger partial charge in [-0.15, -0.1) is 0 Å². The summed E-state index contributed by atoms with van der Waals surface area (Å²) in [6.07, 6.45) is 14.4. The van der Waals surface area contributed by atoms with Crippen LogP contribution in [-0.2, 0) is 0 Å². The molecule has 0 spiro atoms. The Kier molecular flexibility index (Phi) is 11.4. The molecule has 1 N–H and O–H groups in total. The van der Waals surface area contributed by atoms with Gasteiger partial charge in [0.2, 0.25) is 0 Å². The zero-order valence-corrected chi connectivity index (χ0v) is 8.97. The smallest absolute Gasteiger partial charge is 0.0431 e. The van der Waals surface area contributed by atoms with Crippen molar-refractivity contribution in [3.8, 4) is 0 Å². The lowest BCUT2D eigenvalue weighted by atomic mass is 10.1. The van der Waals surface area contributed by atoms with Crippen molar-refractivity contribution in [3.05, 3.63) is 12.2 Å². The minimum Gasteiger partial charge on any atom is -0.396 e. The number of aliphatic hydroxyl groups excluding tert-OH is 1. The van der Waals surface area contributed by atoms with Gasteiger partial charge >= 0.3 is 0 Å². The third-order valence-corrected chi connectivity index (χ3v) is 2.17. The Morgan fingerprint density at radius 3 is 2.00 bits per heavy atom. The summed E-state index contributed by atoms with van der Waals surface area (Å²) >= 11 is 0. The average molecular weight is 184 g/mol. The van der Waals surface area contributed by atoms with E-state index in [-0.39, 0.29) is 0 Å². The Balaban J connectivity index is 2.95. The summed E-state index contributed by atoms with van der Waals surface area (Å²) in [5, 5.41) is 8.54. The third-order valence-electron chi connectivity index (χ3n) is 2.17. The molecule has 0 aromatic carbocycles. The van der Waals surface area contributed by atoms with E-state index < -0.39 is 0 Å². The maximum absolute atomic E-state index is 8.54. The van der Waals surface area contributed by atoms with Crippen LogP contribution < -0.4 is 0 Å². The maximum atomic E-state index is 8.54. The van der Waals surface area contributed by atoms with Gasteiger partial charge in [0.05, 0.1) is 0 Å². The molecule has 0 aliphatic heterocycles. The van der Waals surface area contributed by atoms with Gasteiger partial charge in [0, 0.05) is 6.61 Å². The summed E-state index contributed by atoms with van der Waals surface area (Å²) in [7, 11) is 0. The van der Waals surface area contributed by atoms with Crippen LogP contribution in [0.1, 0.15) is 58.3 Å². The molecular formula is C12H24O. The van der Waals surface area contributed by atoms with Crippen molar-refractivity contribution in [2.24, 2.45) is 0 Å². The molecule has 0 unspecified atom stereocenters. The van der Waals surface area contributed by atoms with Crippen molar-refractivity contribution in [3.63, 3.8) is 0 Å². The fraction of sp³-hybridized carbons (Fsp3) is 0.833. The SMILES string of the molecule is CCCCCC/C=C\CCCCO. The number of allylic oxidation sites excluding steroid dienone is 2. The van der Waals surface area contributed by atoms with Crippen LogP contribution in [0, 0.1) is 0 Å². The lowest BCUT2D eigenvalue weighted by Gasteiger charge is -1.94. The van der Waals surface area contributed by atoms with Gasteiger partial charge in [-0.2, -0.15) is 0 Å². The fourth-order valence-corrected chi connectivity index (χ4v) is 1.30. The Labute approximate surface area is 82.9 Å². The van der Waals surface area contributed by atoms with Gasteiger partial charge in [-0.3, -0.25) is 0 Å². The van der Waals surface area contributed by atoms with Crippen molar-refractivity contribution in [2.75, 3.05) is 6.61 Å². The molecule has 0 rings (SSSR count). The lowest BCUT2D eigenvalue weighted by Crippen LogP contribution is -1.80. The summed E-state index contributed by atoms with van der Waals surface area (Å²) in [5.74, 6) is 0. The number of rotatable bonds is 9. The van der Waals surface area contributed by atoms with Crippen LogP contribution in [-0.4, -0.2) is 11.7 Å². The second kappa shape index (κ2) is 11.7. The van der Waals surface area contributed by atoms with Crippen LogP contribution in [0.3, 0.4) is 0 Å². The highest BCUT2D eigenvalue weighted by molar-refractivity contribution is 4.81. The van der Waals surface area contributed by atoms with Crippen LogP contribution in [0.5, 0.6) is 0 Å². The maximum Gasteiger partial charge on any atom is 0.0431 e. The van der Waals surface area contributed by atoms with Gasteiger partial charge in [-0.1, -0.05) is 38.3 Å². The van der Waals surface area contributed by atoms with Crippen LogP contribution in [0.4, 0.5) is 0 Å². The summed E-state index contributed by atoms with van der Waals surface area (Å²) in [6, 6.07) is 0. The van der Waals surface area contributed by atoms with E-state index in [2.05, 4.69) is 19.1 Å². The number of unbranched alkanes of at least 4 members (excludes halogenated alkanes) is 6. The van der Waals surface area contributed by atoms with E-state index in [0.717, 1.165) is 19.3 Å². The first-order valence-electron chi connectivity index (χ1n) is 5.67. The molecule has 78 valence electrons. The van der Waals surface area contributed by atoms with E-state index in [0.29, 0.717) is 6.61 Å². The van der Waals surface area contributed by atoms with Gasteiger partial charge in [-0.05, 0) is 32.1 Å². The predicted molar refractivity (Wildman–Crippen MR) is 58.8 cm³/mol. The van der Waals surface area contributed by atoms with Crippen LogP contribution in [0.15, 0.2) is 12.2 Å². The standard InChI is InChI=1S/C12H24O/c1-2-3-4-5-6-7-8-9-10-11-12-13/h7-8,13H,2-6,9-12H2,1H3/b8-7-. The molecular weight excluding hydrogens is 160 g/mol. The third kappa shape index (κ3) is 11.7. The predicted octanol–water partition coefficient (Wildman–Crippen LogP) is 3.68. The van der Waals surface area contributed by atoms with Crippen molar-refractivity contribution in [1.29, 1.82) is 0 Å². The molecule has 0 aromatic rings. The van der Waals surface area contributed by atoms with E-state index in [4.69, 9.17) is 5.11 Å². The largest absolute Gasteiger partial charge is 0.396 e. The normalized spacial score (nSPS) is 11.2. The molecule has 0 saturated heterocycles. The van der Waals surface area contributed by atoms with Crippen molar-refractivity contribution < 1.29 is 5.11 Å². The summed E-state index contributed by atoms with van der Waals surface area (Å²) in [5.41, 5.74) is 0. The summed E-state index contributed by atoms with van der Waals surface area (Å²) < 4.78 is 0. The minimum absolute atomic E-state index is 0.338. The molecule has 1 heteroatoms. The molecule has 0 aliphatic carbocycles. The molecule has 0 atom stereocenters. The fourth-order valence-electron chi connectivity index (χ4n) is 1.30. The van der Waals surface area contributed by atoms with Crippen LogP contribution in [0.2, 0.25) is 0 Å². The zero-order chi connectivity index (χ0) is 9.78. The Morgan fingerprint density at radius 1 is 0.846 bits per heavy atom. The molecule has 0 aromatic heterocycles.